The number of esters is 1. The maximum absolute atomic E-state index is 10.7. The van der Waals surface area contributed by atoms with Crippen molar-refractivity contribution in [1.29, 1.82) is 0 Å². The van der Waals surface area contributed by atoms with Crippen molar-refractivity contribution in [3.63, 3.8) is 0 Å². The van der Waals surface area contributed by atoms with Crippen molar-refractivity contribution in [2.75, 3.05) is 0 Å². The fourth-order valence-corrected chi connectivity index (χ4v) is 1.77. The summed E-state index contributed by atoms with van der Waals surface area (Å²) < 4.78 is 4.98. The Hall–Kier alpha value is -0.0500. The van der Waals surface area contributed by atoms with Gasteiger partial charge < -0.3 is 4.74 Å². The fraction of sp³-hybridized carbons (Fsp3) is 0.833. The van der Waals surface area contributed by atoms with Crippen molar-refractivity contribution < 1.29 is 9.53 Å². The lowest BCUT2D eigenvalue weighted by atomic mass is 10.1. The Morgan fingerprint density at radius 2 is 2.33 bits per heavy atom. The summed E-state index contributed by atoms with van der Waals surface area (Å²) in [6.45, 7) is 3.82. The summed E-state index contributed by atoms with van der Waals surface area (Å²) >= 11 is 3.20. The second-order valence-corrected chi connectivity index (χ2v) is 3.96. The lowest BCUT2D eigenvalue weighted by Gasteiger charge is -2.13. The van der Waals surface area contributed by atoms with E-state index in [1.165, 1.54) is 0 Å². The van der Waals surface area contributed by atoms with E-state index >= 15 is 0 Å². The van der Waals surface area contributed by atoms with Crippen LogP contribution >= 0.6 is 15.9 Å². The molecule has 1 aliphatic rings. The number of rotatable bonds is 0. The minimum absolute atomic E-state index is 0.0903. The van der Waals surface area contributed by atoms with Crippen LogP contribution in [0, 0.1) is 0 Å². The van der Waals surface area contributed by atoms with E-state index < -0.39 is 0 Å². The molecule has 0 aromatic carbocycles. The number of hydrogen-bond acceptors (Lipinski definition) is 2. The van der Waals surface area contributed by atoms with E-state index in [0.717, 1.165) is 6.42 Å². The highest BCUT2D eigenvalue weighted by molar-refractivity contribution is 9.10. The Balaban J connectivity index is 2.65. The minimum atomic E-state index is -0.259. The van der Waals surface area contributed by atoms with Crippen LogP contribution in [-0.2, 0) is 9.53 Å². The van der Waals surface area contributed by atoms with E-state index in [2.05, 4.69) is 15.9 Å². The molecule has 0 spiro atoms. The van der Waals surface area contributed by atoms with E-state index in [0.29, 0.717) is 0 Å². The average Bonchev–Trinajstić information content (AvgIpc) is 1.79. The first-order chi connectivity index (χ1) is 4.01. The van der Waals surface area contributed by atoms with Gasteiger partial charge in [-0.2, -0.15) is 0 Å². The molecule has 0 radical (unpaired) electrons. The molecule has 9 heavy (non-hydrogen) atoms. The molecule has 1 fully saturated rings. The summed E-state index contributed by atoms with van der Waals surface area (Å²) in [5, 5.41) is 0. The van der Waals surface area contributed by atoms with E-state index in [1.54, 1.807) is 0 Å². The summed E-state index contributed by atoms with van der Waals surface area (Å²) in [6.07, 6.45) is 0.770. The Morgan fingerprint density at radius 1 is 1.78 bits per heavy atom. The minimum Gasteiger partial charge on any atom is -0.459 e. The van der Waals surface area contributed by atoms with Crippen molar-refractivity contribution >= 4 is 21.9 Å². The molecular formula is C6H9BrO2. The van der Waals surface area contributed by atoms with Crippen LogP contribution in [0.4, 0.5) is 0 Å². The molecule has 0 amide bonds. The first-order valence-electron chi connectivity index (χ1n) is 2.88. The molecule has 0 saturated carbocycles. The van der Waals surface area contributed by atoms with Crippen molar-refractivity contribution in [3.8, 4) is 0 Å². The maximum atomic E-state index is 10.7. The second-order valence-electron chi connectivity index (χ2n) is 2.85. The zero-order chi connectivity index (χ0) is 7.07. The highest BCUT2D eigenvalue weighted by atomic mass is 79.9. The van der Waals surface area contributed by atoms with Crippen LogP contribution < -0.4 is 0 Å². The molecule has 3 heteroatoms. The van der Waals surface area contributed by atoms with Crippen molar-refractivity contribution in [2.24, 2.45) is 0 Å². The molecule has 2 nitrogen and oxygen atoms in total. The van der Waals surface area contributed by atoms with Crippen LogP contribution in [0.1, 0.15) is 20.3 Å². The monoisotopic (exact) mass is 192 g/mol. The zero-order valence-electron chi connectivity index (χ0n) is 5.48. The van der Waals surface area contributed by atoms with Crippen LogP contribution in [0.25, 0.3) is 0 Å². The smallest absolute Gasteiger partial charge is 0.320 e. The second kappa shape index (κ2) is 1.97. The quantitative estimate of drug-likeness (QED) is 0.430. The summed E-state index contributed by atoms with van der Waals surface area (Å²) in [4.78, 5) is 10.6. The number of cyclic esters (lactones) is 1. The van der Waals surface area contributed by atoms with Crippen molar-refractivity contribution in [2.45, 2.75) is 30.7 Å². The first-order valence-corrected chi connectivity index (χ1v) is 3.80. The predicted octanol–water partition coefficient (Wildman–Crippen LogP) is 1.48. The molecule has 0 bridgehead atoms. The summed E-state index contributed by atoms with van der Waals surface area (Å²) in [7, 11) is 0. The highest BCUT2D eigenvalue weighted by Crippen LogP contribution is 2.29. The van der Waals surface area contributed by atoms with Gasteiger partial charge in [0, 0.05) is 6.42 Å². The van der Waals surface area contributed by atoms with Crippen molar-refractivity contribution in [1.82, 2.24) is 0 Å². The number of ether oxygens (including phenoxy) is 1. The Kier molecular flexibility index (Phi) is 1.55. The number of alkyl halides is 1. The molecule has 1 atom stereocenters. The summed E-state index contributed by atoms with van der Waals surface area (Å²) in [5.74, 6) is -0.139. The van der Waals surface area contributed by atoms with Gasteiger partial charge in [0.1, 0.15) is 10.4 Å². The molecule has 0 aromatic rings. The Bertz CT molecular complexity index is 142. The molecular weight excluding hydrogens is 184 g/mol. The van der Waals surface area contributed by atoms with E-state index in [1.807, 2.05) is 13.8 Å². The van der Waals surface area contributed by atoms with E-state index in [9.17, 15) is 4.79 Å². The number of carbonyl (C=O) groups is 1. The molecule has 52 valence electrons. The molecule has 1 heterocycles. The third-order valence-corrected chi connectivity index (χ3v) is 2.00. The third-order valence-electron chi connectivity index (χ3n) is 1.30. The van der Waals surface area contributed by atoms with Gasteiger partial charge in [-0.05, 0) is 13.8 Å². The molecule has 1 aliphatic heterocycles. The van der Waals surface area contributed by atoms with Gasteiger partial charge in [0.2, 0.25) is 0 Å². The lowest BCUT2D eigenvalue weighted by Crippen LogP contribution is -2.17. The zero-order valence-corrected chi connectivity index (χ0v) is 7.06. The molecule has 1 saturated heterocycles. The van der Waals surface area contributed by atoms with Gasteiger partial charge in [-0.25, -0.2) is 0 Å². The number of halogens is 1. The molecule has 0 aromatic heterocycles. The first kappa shape index (κ1) is 7.06. The highest BCUT2D eigenvalue weighted by Gasteiger charge is 2.38. The number of carbonyl (C=O) groups excluding carboxylic acids is 1. The standard InChI is InChI=1S/C6H9BrO2/c1-6(2)3-4(7)5(8)9-6/h4H,3H2,1-2H3/t4-/m0/s1. The predicted molar refractivity (Wildman–Crippen MR) is 37.5 cm³/mol. The summed E-state index contributed by atoms with van der Waals surface area (Å²) in [5.41, 5.74) is -0.259. The van der Waals surface area contributed by atoms with Crippen LogP contribution in [-0.4, -0.2) is 16.4 Å². The molecule has 0 unspecified atom stereocenters. The van der Waals surface area contributed by atoms with Gasteiger partial charge >= 0.3 is 5.97 Å². The topological polar surface area (TPSA) is 26.3 Å². The Morgan fingerprint density at radius 3 is 2.44 bits per heavy atom. The molecule has 1 rings (SSSR count). The SMILES string of the molecule is CC1(C)C[C@H](Br)C(=O)O1. The largest absolute Gasteiger partial charge is 0.459 e. The van der Waals surface area contributed by atoms with Gasteiger partial charge in [-0.1, -0.05) is 15.9 Å². The lowest BCUT2D eigenvalue weighted by molar-refractivity contribution is -0.145. The maximum Gasteiger partial charge on any atom is 0.320 e. The van der Waals surface area contributed by atoms with Crippen molar-refractivity contribution in [3.05, 3.63) is 0 Å². The third kappa shape index (κ3) is 1.45. The van der Waals surface area contributed by atoms with Crippen LogP contribution in [0.2, 0.25) is 0 Å². The van der Waals surface area contributed by atoms with E-state index in [-0.39, 0.29) is 16.4 Å². The van der Waals surface area contributed by atoms with E-state index in [4.69, 9.17) is 4.74 Å². The van der Waals surface area contributed by atoms with Gasteiger partial charge in [-0.3, -0.25) is 4.79 Å². The van der Waals surface area contributed by atoms with Gasteiger partial charge in [0.25, 0.3) is 0 Å². The van der Waals surface area contributed by atoms with Gasteiger partial charge in [-0.15, -0.1) is 0 Å². The molecule has 0 N–H and O–H groups in total. The van der Waals surface area contributed by atoms with Gasteiger partial charge in [0.05, 0.1) is 0 Å². The fourth-order valence-electron chi connectivity index (χ4n) is 0.893. The van der Waals surface area contributed by atoms with Gasteiger partial charge in [0.15, 0.2) is 0 Å². The number of hydrogen-bond donors (Lipinski definition) is 0. The van der Waals surface area contributed by atoms with Crippen LogP contribution in [0.15, 0.2) is 0 Å². The Labute approximate surface area is 62.7 Å². The van der Waals surface area contributed by atoms with Crippen LogP contribution in [0.5, 0.6) is 0 Å². The normalized spacial score (nSPS) is 32.3. The summed E-state index contributed by atoms with van der Waals surface area (Å²) in [6, 6.07) is 0. The van der Waals surface area contributed by atoms with Crippen LogP contribution in [0.3, 0.4) is 0 Å². The average molecular weight is 193 g/mol. The molecule has 0 aliphatic carbocycles.